The van der Waals surface area contributed by atoms with E-state index in [0.717, 1.165) is 36.2 Å². The summed E-state index contributed by atoms with van der Waals surface area (Å²) < 4.78 is 40.8. The van der Waals surface area contributed by atoms with E-state index in [1.165, 1.54) is 0 Å². The van der Waals surface area contributed by atoms with Crippen LogP contribution in [0.15, 0.2) is 17.1 Å². The molecule has 0 unspecified atom stereocenters. The summed E-state index contributed by atoms with van der Waals surface area (Å²) in [7, 11) is -3.45. The van der Waals surface area contributed by atoms with Crippen LogP contribution in [0.3, 0.4) is 0 Å². The third-order valence-corrected chi connectivity index (χ3v) is 7.46. The maximum atomic E-state index is 14.7. The van der Waals surface area contributed by atoms with Gasteiger partial charge in [-0.3, -0.25) is 14.2 Å². The number of nitrogens with zero attached hydrogens (tertiary/aromatic N) is 4. The van der Waals surface area contributed by atoms with Gasteiger partial charge in [-0.15, -0.1) is 0 Å². The second kappa shape index (κ2) is 8.74. The number of nitrogens with two attached hydrogens (primary N) is 1. The van der Waals surface area contributed by atoms with Gasteiger partial charge >= 0.3 is 0 Å². The highest BCUT2D eigenvalue weighted by Gasteiger charge is 2.33. The lowest BCUT2D eigenvalue weighted by Gasteiger charge is -2.33. The molecule has 0 aromatic carbocycles. The fraction of sp³-hybridized carbons (Fsp3) is 0.600. The summed E-state index contributed by atoms with van der Waals surface area (Å²) in [6.45, 7) is -0.0267. The number of piperidine rings is 1. The van der Waals surface area contributed by atoms with Gasteiger partial charge in [0.15, 0.2) is 0 Å². The molecule has 0 spiro atoms. The SMILES string of the molecule is CS(=O)(=O)N1CC[C@@H](Nc2ncc3cc(CC(N)=O)c(=O)n(C4CCCC4)c3n2)[C@H](F)C1. The minimum absolute atomic E-state index is 0.0347. The van der Waals surface area contributed by atoms with Crippen molar-refractivity contribution >= 4 is 32.9 Å². The number of amides is 1. The summed E-state index contributed by atoms with van der Waals surface area (Å²) in [5, 5.41) is 3.57. The quantitative estimate of drug-likeness (QED) is 0.639. The highest BCUT2D eigenvalue weighted by atomic mass is 32.2. The van der Waals surface area contributed by atoms with Crippen molar-refractivity contribution in [3.05, 3.63) is 28.2 Å². The van der Waals surface area contributed by atoms with Crippen LogP contribution in [0, 0.1) is 0 Å². The number of alkyl halides is 1. The van der Waals surface area contributed by atoms with E-state index in [-0.39, 0.29) is 43.5 Å². The van der Waals surface area contributed by atoms with Gasteiger partial charge in [0.2, 0.25) is 21.9 Å². The second-order valence-corrected chi connectivity index (χ2v) is 10.6. The molecule has 2 fully saturated rings. The van der Waals surface area contributed by atoms with Crippen LogP contribution in [0.25, 0.3) is 11.0 Å². The standard InChI is InChI=1S/C20H27FN6O4S/c1-32(30,31)26-7-6-16(15(21)11-26)24-20-23-10-13-8-12(9-17(22)28)19(29)27(18(13)25-20)14-4-2-3-5-14/h8,10,14-16H,2-7,9,11H2,1H3,(H2,22,28)(H,23,24,25)/t15-,16-/m1/s1. The molecule has 1 aliphatic heterocycles. The Kier molecular flexibility index (Phi) is 6.17. The molecule has 12 heteroatoms. The van der Waals surface area contributed by atoms with Crippen LogP contribution in [0.2, 0.25) is 0 Å². The van der Waals surface area contributed by atoms with Crippen LogP contribution in [-0.2, 0) is 21.2 Å². The van der Waals surface area contributed by atoms with Gasteiger partial charge in [-0.1, -0.05) is 12.8 Å². The van der Waals surface area contributed by atoms with Crippen LogP contribution >= 0.6 is 0 Å². The third-order valence-electron chi connectivity index (χ3n) is 6.19. The van der Waals surface area contributed by atoms with Crippen molar-refractivity contribution in [2.24, 2.45) is 5.73 Å². The zero-order chi connectivity index (χ0) is 23.0. The predicted molar refractivity (Wildman–Crippen MR) is 118 cm³/mol. The summed E-state index contributed by atoms with van der Waals surface area (Å²) in [6, 6.07) is 0.902. The van der Waals surface area contributed by atoms with E-state index in [1.807, 2.05) is 0 Å². The minimum Gasteiger partial charge on any atom is -0.369 e. The Hall–Kier alpha value is -2.60. The molecule has 10 nitrogen and oxygen atoms in total. The Bertz CT molecular complexity index is 1190. The predicted octanol–water partition coefficient (Wildman–Crippen LogP) is 0.718. The molecule has 4 rings (SSSR count). The van der Waals surface area contributed by atoms with Gasteiger partial charge in [-0.2, -0.15) is 9.29 Å². The van der Waals surface area contributed by atoms with Gasteiger partial charge in [0.05, 0.1) is 18.7 Å². The number of hydrogen-bond acceptors (Lipinski definition) is 7. The zero-order valence-electron chi connectivity index (χ0n) is 17.8. The molecule has 1 saturated heterocycles. The molecule has 1 aliphatic carbocycles. The Labute approximate surface area is 185 Å². The number of halogens is 1. The summed E-state index contributed by atoms with van der Waals surface area (Å²) in [6.07, 6.45) is 4.94. The first-order valence-electron chi connectivity index (χ1n) is 10.7. The van der Waals surface area contributed by atoms with Gasteiger partial charge in [0, 0.05) is 36.3 Å². The molecule has 0 bridgehead atoms. The molecule has 32 heavy (non-hydrogen) atoms. The van der Waals surface area contributed by atoms with Crippen LogP contribution in [0.4, 0.5) is 10.3 Å². The van der Waals surface area contributed by atoms with Gasteiger partial charge in [-0.25, -0.2) is 17.8 Å². The molecular weight excluding hydrogens is 439 g/mol. The fourth-order valence-electron chi connectivity index (χ4n) is 4.57. The number of hydrogen-bond donors (Lipinski definition) is 2. The lowest BCUT2D eigenvalue weighted by Crippen LogP contribution is -2.49. The zero-order valence-corrected chi connectivity index (χ0v) is 18.6. The minimum atomic E-state index is -3.45. The first kappa shape index (κ1) is 22.6. The van der Waals surface area contributed by atoms with Crippen LogP contribution in [0.1, 0.15) is 43.7 Å². The number of fused-ring (bicyclic) bond motifs is 1. The molecule has 2 atom stereocenters. The fourth-order valence-corrected chi connectivity index (χ4v) is 5.42. The van der Waals surface area contributed by atoms with Crippen molar-refractivity contribution in [2.45, 2.75) is 56.8 Å². The molecular formula is C20H27FN6O4S. The molecule has 174 valence electrons. The van der Waals surface area contributed by atoms with E-state index in [2.05, 4.69) is 15.3 Å². The monoisotopic (exact) mass is 466 g/mol. The Morgan fingerprint density at radius 3 is 2.66 bits per heavy atom. The normalized spacial score (nSPS) is 22.9. The largest absolute Gasteiger partial charge is 0.369 e. The number of pyridine rings is 1. The Morgan fingerprint density at radius 2 is 2.03 bits per heavy atom. The molecule has 1 amide bonds. The number of primary amides is 1. The van der Waals surface area contributed by atoms with E-state index in [9.17, 15) is 22.4 Å². The first-order chi connectivity index (χ1) is 15.1. The van der Waals surface area contributed by atoms with Crippen molar-refractivity contribution in [1.29, 1.82) is 0 Å². The number of anilines is 1. The average molecular weight is 467 g/mol. The summed E-state index contributed by atoms with van der Waals surface area (Å²) in [5.74, 6) is -0.417. The van der Waals surface area contributed by atoms with Crippen molar-refractivity contribution in [3.63, 3.8) is 0 Å². The lowest BCUT2D eigenvalue weighted by atomic mass is 10.1. The smallest absolute Gasteiger partial charge is 0.256 e. The Balaban J connectivity index is 1.67. The topological polar surface area (TPSA) is 140 Å². The Morgan fingerprint density at radius 1 is 1.31 bits per heavy atom. The molecule has 1 saturated carbocycles. The molecule has 2 aromatic heterocycles. The van der Waals surface area contributed by atoms with Crippen LogP contribution in [-0.4, -0.2) is 64.7 Å². The number of rotatable bonds is 6. The average Bonchev–Trinajstić information content (AvgIpc) is 3.23. The van der Waals surface area contributed by atoms with Gasteiger partial charge in [0.25, 0.3) is 5.56 Å². The maximum Gasteiger partial charge on any atom is 0.256 e. The van der Waals surface area contributed by atoms with E-state index >= 15 is 0 Å². The summed E-state index contributed by atoms with van der Waals surface area (Å²) >= 11 is 0. The van der Waals surface area contributed by atoms with Gasteiger partial charge in [0.1, 0.15) is 11.8 Å². The van der Waals surface area contributed by atoms with E-state index in [0.29, 0.717) is 16.6 Å². The van der Waals surface area contributed by atoms with Crippen molar-refractivity contribution in [2.75, 3.05) is 24.7 Å². The molecule has 3 N–H and O–H groups in total. The van der Waals surface area contributed by atoms with Crippen LogP contribution in [0.5, 0.6) is 0 Å². The van der Waals surface area contributed by atoms with E-state index in [1.54, 1.807) is 16.8 Å². The molecule has 2 aliphatic rings. The number of aromatic nitrogens is 3. The molecule has 3 heterocycles. The van der Waals surface area contributed by atoms with E-state index < -0.39 is 28.1 Å². The van der Waals surface area contributed by atoms with Gasteiger partial charge in [-0.05, 0) is 25.3 Å². The van der Waals surface area contributed by atoms with Crippen LogP contribution < -0.4 is 16.6 Å². The van der Waals surface area contributed by atoms with E-state index in [4.69, 9.17) is 5.73 Å². The van der Waals surface area contributed by atoms with Gasteiger partial charge < -0.3 is 11.1 Å². The molecule has 2 aromatic rings. The second-order valence-electron chi connectivity index (χ2n) is 8.58. The molecule has 0 radical (unpaired) electrons. The maximum absolute atomic E-state index is 14.7. The third kappa shape index (κ3) is 4.60. The highest BCUT2D eigenvalue weighted by Crippen LogP contribution is 2.31. The van der Waals surface area contributed by atoms with Crippen molar-refractivity contribution in [3.8, 4) is 0 Å². The number of nitrogens with one attached hydrogen (secondary N) is 1. The highest BCUT2D eigenvalue weighted by molar-refractivity contribution is 7.88. The number of sulfonamides is 1. The first-order valence-corrected chi connectivity index (χ1v) is 12.5. The number of carbonyl (C=O) groups is 1. The summed E-state index contributed by atoms with van der Waals surface area (Å²) in [5.41, 5.74) is 5.75. The van der Waals surface area contributed by atoms with Crippen molar-refractivity contribution < 1.29 is 17.6 Å². The lowest BCUT2D eigenvalue weighted by molar-refractivity contribution is -0.117. The number of carbonyl (C=O) groups excluding carboxylic acids is 1. The summed E-state index contributed by atoms with van der Waals surface area (Å²) in [4.78, 5) is 33.4. The van der Waals surface area contributed by atoms with Crippen molar-refractivity contribution in [1.82, 2.24) is 18.8 Å².